The molecule has 20 heavy (non-hydrogen) atoms. The van der Waals surface area contributed by atoms with Gasteiger partial charge in [-0.05, 0) is 25.0 Å². The van der Waals surface area contributed by atoms with Crippen molar-refractivity contribution in [2.24, 2.45) is 0 Å². The maximum absolute atomic E-state index is 11.9. The van der Waals surface area contributed by atoms with E-state index in [1.807, 2.05) is 0 Å². The number of nitrogens with one attached hydrogen (secondary N) is 1. The van der Waals surface area contributed by atoms with Crippen molar-refractivity contribution in [2.45, 2.75) is 18.9 Å². The zero-order chi connectivity index (χ0) is 13.9. The van der Waals surface area contributed by atoms with E-state index in [4.69, 9.17) is 16.3 Å². The Morgan fingerprint density at radius 1 is 1.55 bits per heavy atom. The lowest BCUT2D eigenvalue weighted by atomic mass is 10.2. The van der Waals surface area contributed by atoms with Crippen molar-refractivity contribution in [3.05, 3.63) is 23.5 Å². The van der Waals surface area contributed by atoms with E-state index in [2.05, 4.69) is 19.7 Å². The van der Waals surface area contributed by atoms with Gasteiger partial charge in [-0.15, -0.1) is 0 Å². The summed E-state index contributed by atoms with van der Waals surface area (Å²) in [5, 5.41) is 3.48. The molecule has 1 saturated heterocycles. The minimum absolute atomic E-state index is 0.178. The molecule has 0 radical (unpaired) electrons. The Bertz CT molecular complexity index is 627. The van der Waals surface area contributed by atoms with Gasteiger partial charge in [-0.3, -0.25) is 10.1 Å². The van der Waals surface area contributed by atoms with Gasteiger partial charge in [0.25, 0.3) is 5.91 Å². The van der Waals surface area contributed by atoms with Crippen LogP contribution in [0.1, 0.15) is 12.8 Å². The molecular formula is C12H11ClN4O2S. The Kier molecular flexibility index (Phi) is 3.90. The molecule has 0 spiro atoms. The van der Waals surface area contributed by atoms with Crippen LogP contribution in [-0.2, 0) is 9.53 Å². The number of pyridine rings is 1. The molecule has 1 fully saturated rings. The van der Waals surface area contributed by atoms with E-state index in [-0.39, 0.29) is 12.0 Å². The number of aromatic nitrogens is 3. The number of rotatable bonds is 3. The van der Waals surface area contributed by atoms with E-state index in [1.165, 1.54) is 0 Å². The van der Waals surface area contributed by atoms with Crippen LogP contribution in [0.25, 0.3) is 11.4 Å². The highest BCUT2D eigenvalue weighted by atomic mass is 35.5. The predicted molar refractivity (Wildman–Crippen MR) is 75.8 cm³/mol. The Hall–Kier alpha value is -1.57. The van der Waals surface area contributed by atoms with Crippen molar-refractivity contribution < 1.29 is 9.53 Å². The van der Waals surface area contributed by atoms with Gasteiger partial charge in [0, 0.05) is 24.3 Å². The average Bonchev–Trinajstić information content (AvgIpc) is 3.10. The van der Waals surface area contributed by atoms with Gasteiger partial charge in [-0.25, -0.2) is 4.98 Å². The second-order valence-corrected chi connectivity index (χ2v) is 5.37. The van der Waals surface area contributed by atoms with E-state index < -0.39 is 0 Å². The molecule has 0 saturated carbocycles. The summed E-state index contributed by atoms with van der Waals surface area (Å²) in [7, 11) is 0. The van der Waals surface area contributed by atoms with Gasteiger partial charge in [0.05, 0.1) is 5.56 Å². The first-order valence-electron chi connectivity index (χ1n) is 6.11. The number of halogens is 1. The number of carbonyl (C=O) groups excluding carboxylic acids is 1. The van der Waals surface area contributed by atoms with E-state index in [9.17, 15) is 4.79 Å². The Labute approximate surface area is 124 Å². The molecule has 6 nitrogen and oxygen atoms in total. The maximum atomic E-state index is 11.9. The fourth-order valence-electron chi connectivity index (χ4n) is 1.91. The van der Waals surface area contributed by atoms with Gasteiger partial charge >= 0.3 is 0 Å². The minimum atomic E-state index is -0.385. The quantitative estimate of drug-likeness (QED) is 0.881. The zero-order valence-electron chi connectivity index (χ0n) is 10.4. The van der Waals surface area contributed by atoms with E-state index in [0.29, 0.717) is 28.3 Å². The Morgan fingerprint density at radius 2 is 2.45 bits per heavy atom. The summed E-state index contributed by atoms with van der Waals surface area (Å²) in [4.78, 5) is 20.1. The van der Waals surface area contributed by atoms with Gasteiger partial charge in [0.2, 0.25) is 5.13 Å². The molecule has 0 unspecified atom stereocenters. The van der Waals surface area contributed by atoms with Crippen LogP contribution in [0.5, 0.6) is 0 Å². The molecule has 1 amide bonds. The van der Waals surface area contributed by atoms with Gasteiger partial charge in [0.1, 0.15) is 11.3 Å². The van der Waals surface area contributed by atoms with Crippen LogP contribution >= 0.6 is 23.1 Å². The Morgan fingerprint density at radius 3 is 3.20 bits per heavy atom. The lowest BCUT2D eigenvalue weighted by Gasteiger charge is -2.07. The first kappa shape index (κ1) is 13.4. The lowest BCUT2D eigenvalue weighted by molar-refractivity contribution is -0.124. The number of ether oxygens (including phenoxy) is 1. The molecule has 3 heterocycles. The van der Waals surface area contributed by atoms with Crippen molar-refractivity contribution in [1.82, 2.24) is 14.3 Å². The van der Waals surface area contributed by atoms with E-state index in [0.717, 1.165) is 24.4 Å². The monoisotopic (exact) mass is 310 g/mol. The van der Waals surface area contributed by atoms with E-state index in [1.54, 1.807) is 18.3 Å². The molecule has 104 valence electrons. The molecule has 3 rings (SSSR count). The highest BCUT2D eigenvalue weighted by Gasteiger charge is 2.24. The fraction of sp³-hybridized carbons (Fsp3) is 0.333. The molecule has 0 bridgehead atoms. The van der Waals surface area contributed by atoms with Gasteiger partial charge in [-0.1, -0.05) is 11.6 Å². The summed E-state index contributed by atoms with van der Waals surface area (Å²) in [6.45, 7) is 0.630. The summed E-state index contributed by atoms with van der Waals surface area (Å²) in [6.07, 6.45) is 2.86. The number of amides is 1. The second-order valence-electron chi connectivity index (χ2n) is 4.26. The largest absolute Gasteiger partial charge is 0.368 e. The zero-order valence-corrected chi connectivity index (χ0v) is 11.9. The third-order valence-electron chi connectivity index (χ3n) is 2.88. The third kappa shape index (κ3) is 2.79. The number of hydrogen-bond acceptors (Lipinski definition) is 6. The molecule has 8 heteroatoms. The van der Waals surface area contributed by atoms with Crippen molar-refractivity contribution in [3.8, 4) is 11.4 Å². The van der Waals surface area contributed by atoms with Gasteiger partial charge in [0.15, 0.2) is 5.82 Å². The van der Waals surface area contributed by atoms with Crippen LogP contribution < -0.4 is 5.32 Å². The normalized spacial score (nSPS) is 18.1. The highest BCUT2D eigenvalue weighted by molar-refractivity contribution is 7.10. The van der Waals surface area contributed by atoms with Crippen molar-refractivity contribution in [2.75, 3.05) is 11.9 Å². The number of hydrogen-bond donors (Lipinski definition) is 1. The predicted octanol–water partition coefficient (Wildman–Crippen LogP) is 2.37. The Balaban J connectivity index is 1.74. The first-order chi connectivity index (χ1) is 9.74. The van der Waals surface area contributed by atoms with Crippen LogP contribution in [-0.4, -0.2) is 33.0 Å². The van der Waals surface area contributed by atoms with Crippen LogP contribution in [0.15, 0.2) is 18.3 Å². The SMILES string of the molecule is O=C(Nc1nc(-c2cccnc2Cl)ns1)[C@H]1CCCO1. The van der Waals surface area contributed by atoms with Gasteiger partial charge < -0.3 is 4.74 Å². The molecule has 0 aromatic carbocycles. The topological polar surface area (TPSA) is 77.0 Å². The molecule has 1 aliphatic heterocycles. The van der Waals surface area contributed by atoms with Crippen LogP contribution in [0.4, 0.5) is 5.13 Å². The fourth-order valence-corrected chi connectivity index (χ4v) is 2.70. The van der Waals surface area contributed by atoms with E-state index >= 15 is 0 Å². The van der Waals surface area contributed by atoms with Crippen molar-refractivity contribution >= 4 is 34.2 Å². The van der Waals surface area contributed by atoms with Crippen molar-refractivity contribution in [1.29, 1.82) is 0 Å². The summed E-state index contributed by atoms with van der Waals surface area (Å²) >= 11 is 7.09. The molecular weight excluding hydrogens is 300 g/mol. The highest BCUT2D eigenvalue weighted by Crippen LogP contribution is 2.26. The first-order valence-corrected chi connectivity index (χ1v) is 7.26. The van der Waals surface area contributed by atoms with Crippen molar-refractivity contribution in [3.63, 3.8) is 0 Å². The summed E-state index contributed by atoms with van der Waals surface area (Å²) < 4.78 is 9.49. The third-order valence-corrected chi connectivity index (χ3v) is 3.81. The standard InChI is InChI=1S/C12H11ClN4O2S/c13-9-7(3-1-5-14-9)10-15-12(20-17-10)16-11(18)8-4-2-6-19-8/h1,3,5,8H,2,4,6H2,(H,15,16,17,18)/t8-/m1/s1. The number of carbonyl (C=O) groups is 1. The van der Waals surface area contributed by atoms with Crippen LogP contribution in [0, 0.1) is 0 Å². The maximum Gasteiger partial charge on any atom is 0.255 e. The lowest BCUT2D eigenvalue weighted by Crippen LogP contribution is -2.26. The molecule has 2 aromatic heterocycles. The molecule has 0 aliphatic carbocycles. The van der Waals surface area contributed by atoms with Gasteiger partial charge in [-0.2, -0.15) is 9.36 Å². The number of nitrogens with zero attached hydrogens (tertiary/aromatic N) is 3. The smallest absolute Gasteiger partial charge is 0.255 e. The molecule has 1 atom stereocenters. The second kappa shape index (κ2) is 5.82. The number of anilines is 1. The average molecular weight is 311 g/mol. The summed E-state index contributed by atoms with van der Waals surface area (Å²) in [5.41, 5.74) is 0.642. The van der Waals surface area contributed by atoms with Crippen LogP contribution in [0.2, 0.25) is 5.15 Å². The molecule has 2 aromatic rings. The summed E-state index contributed by atoms with van der Waals surface area (Å²) in [5.74, 6) is 0.276. The molecule has 1 aliphatic rings. The minimum Gasteiger partial charge on any atom is -0.368 e. The van der Waals surface area contributed by atoms with Crippen LogP contribution in [0.3, 0.4) is 0 Å². The molecule has 1 N–H and O–H groups in total. The summed E-state index contributed by atoms with van der Waals surface area (Å²) in [6, 6.07) is 3.54.